The average molecular weight is 602 g/mol. The molecule has 12 heteroatoms. The minimum absolute atomic E-state index is 0.0415. The molecule has 0 atom stereocenters. The molecular weight excluding hydrogens is 566 g/mol. The van der Waals surface area contributed by atoms with Gasteiger partial charge < -0.3 is 14.9 Å². The Morgan fingerprint density at radius 3 is 1.77 bits per heavy atom. The van der Waals surface area contributed by atoms with Crippen LogP contribution < -0.4 is 4.74 Å². The molecule has 0 saturated carbocycles. The van der Waals surface area contributed by atoms with Gasteiger partial charge in [-0.15, -0.1) is 0 Å². The fourth-order valence-corrected chi connectivity index (χ4v) is 4.67. The highest BCUT2D eigenvalue weighted by Crippen LogP contribution is 2.30. The van der Waals surface area contributed by atoms with Crippen LogP contribution in [0.15, 0.2) is 72.8 Å². The van der Waals surface area contributed by atoms with E-state index in [0.717, 1.165) is 16.9 Å². The number of methoxy groups -OCH3 is 1. The highest BCUT2D eigenvalue weighted by Gasteiger charge is 2.15. The van der Waals surface area contributed by atoms with Gasteiger partial charge in [0.15, 0.2) is 0 Å². The van der Waals surface area contributed by atoms with Crippen LogP contribution in [0, 0.1) is 0 Å². The number of hydrogen-bond acceptors (Lipinski definition) is 10. The molecule has 0 aliphatic carbocycles. The predicted octanol–water partition coefficient (Wildman–Crippen LogP) is 4.16. The molecule has 230 valence electrons. The Balaban J connectivity index is 1.74. The number of likely N-dealkylation sites (N-methyl/N-ethyl adjacent to an activating group) is 1. The van der Waals surface area contributed by atoms with E-state index in [1.807, 2.05) is 73.7 Å². The topological polar surface area (TPSA) is 158 Å². The molecule has 0 radical (unpaired) electrons. The molecule has 0 aliphatic heterocycles. The van der Waals surface area contributed by atoms with Crippen LogP contribution in [0.2, 0.25) is 0 Å². The minimum Gasteiger partial charge on any atom is -0.497 e. The van der Waals surface area contributed by atoms with Crippen molar-refractivity contribution < 1.29 is 34.7 Å². The largest absolute Gasteiger partial charge is 0.497 e. The van der Waals surface area contributed by atoms with Crippen molar-refractivity contribution in [3.05, 3.63) is 84.2 Å². The number of ether oxygens (including phenoxy) is 1. The maximum Gasteiger partial charge on any atom is 0.317 e. The van der Waals surface area contributed by atoms with Crippen molar-refractivity contribution in [3.8, 4) is 39.7 Å². The van der Waals surface area contributed by atoms with Gasteiger partial charge in [-0.3, -0.25) is 24.6 Å². The minimum atomic E-state index is -1.00. The van der Waals surface area contributed by atoms with Crippen LogP contribution in [0.1, 0.15) is 18.3 Å². The fourth-order valence-electron chi connectivity index (χ4n) is 4.67. The summed E-state index contributed by atoms with van der Waals surface area (Å²) < 4.78 is 5.33. The highest BCUT2D eigenvalue weighted by atomic mass is 17.1. The van der Waals surface area contributed by atoms with Crippen molar-refractivity contribution in [2.24, 2.45) is 0 Å². The average Bonchev–Trinajstić information content (AvgIpc) is 3.03. The Kier molecular flexibility index (Phi) is 11.4. The van der Waals surface area contributed by atoms with E-state index in [1.165, 1.54) is 0 Å². The number of benzene rings is 1. The van der Waals surface area contributed by atoms with Crippen molar-refractivity contribution in [2.45, 2.75) is 20.0 Å². The van der Waals surface area contributed by atoms with Gasteiger partial charge in [0.1, 0.15) is 5.75 Å². The normalized spacial score (nSPS) is 11.2. The van der Waals surface area contributed by atoms with Crippen LogP contribution in [0.25, 0.3) is 33.9 Å². The lowest BCUT2D eigenvalue weighted by Gasteiger charge is -2.19. The van der Waals surface area contributed by atoms with Gasteiger partial charge in [-0.1, -0.05) is 31.2 Å². The number of aromatic nitrogens is 3. The van der Waals surface area contributed by atoms with Gasteiger partial charge in [-0.25, -0.2) is 19.8 Å². The van der Waals surface area contributed by atoms with E-state index in [2.05, 4.69) is 4.89 Å². The van der Waals surface area contributed by atoms with Crippen molar-refractivity contribution in [1.29, 1.82) is 0 Å². The summed E-state index contributed by atoms with van der Waals surface area (Å²) in [6.45, 7) is 2.90. The Morgan fingerprint density at radius 1 is 0.727 bits per heavy atom. The molecule has 4 rings (SSSR count). The SMILES string of the molecule is CCN(CC(=O)O)Cc1cccc(-c2cc(-c3ccc(OC)cc3)cc(-c3cccc(CN(CCOO)CC(=O)O)n3)n2)n1. The lowest BCUT2D eigenvalue weighted by Crippen LogP contribution is -2.32. The zero-order chi connectivity index (χ0) is 31.5. The quantitative estimate of drug-likeness (QED) is 0.125. The summed E-state index contributed by atoms with van der Waals surface area (Å²) >= 11 is 0. The second-order valence-corrected chi connectivity index (χ2v) is 10.0. The number of carboxylic acids is 2. The summed E-state index contributed by atoms with van der Waals surface area (Å²) in [6.07, 6.45) is 0. The summed E-state index contributed by atoms with van der Waals surface area (Å²) in [7, 11) is 1.61. The molecule has 3 heterocycles. The van der Waals surface area contributed by atoms with Crippen LogP contribution in [-0.4, -0.2) is 92.1 Å². The fraction of sp³-hybridized carbons (Fsp3) is 0.281. The second-order valence-electron chi connectivity index (χ2n) is 10.0. The molecule has 44 heavy (non-hydrogen) atoms. The first-order chi connectivity index (χ1) is 21.3. The summed E-state index contributed by atoms with van der Waals surface area (Å²) in [5.74, 6) is -1.17. The first-order valence-electron chi connectivity index (χ1n) is 14.0. The van der Waals surface area contributed by atoms with E-state index in [-0.39, 0.29) is 32.8 Å². The van der Waals surface area contributed by atoms with Gasteiger partial charge in [0.25, 0.3) is 0 Å². The van der Waals surface area contributed by atoms with E-state index in [0.29, 0.717) is 47.3 Å². The molecular formula is C32H35N5O7. The van der Waals surface area contributed by atoms with Crippen molar-refractivity contribution in [3.63, 3.8) is 0 Å². The Bertz CT molecular complexity index is 1570. The number of nitrogens with zero attached hydrogens (tertiary/aromatic N) is 5. The Labute approximate surface area is 255 Å². The third-order valence-corrected chi connectivity index (χ3v) is 6.82. The molecule has 3 N–H and O–H groups in total. The molecule has 0 aliphatic rings. The smallest absolute Gasteiger partial charge is 0.317 e. The molecule has 0 unspecified atom stereocenters. The second kappa shape index (κ2) is 15.6. The predicted molar refractivity (Wildman–Crippen MR) is 163 cm³/mol. The number of carbonyl (C=O) groups is 2. The monoisotopic (exact) mass is 601 g/mol. The van der Waals surface area contributed by atoms with Crippen LogP contribution in [0.3, 0.4) is 0 Å². The Hall–Kier alpha value is -4.75. The van der Waals surface area contributed by atoms with E-state index in [4.69, 9.17) is 24.9 Å². The number of rotatable bonds is 16. The molecule has 3 aromatic heterocycles. The summed E-state index contributed by atoms with van der Waals surface area (Å²) in [5, 5.41) is 27.3. The molecule has 0 bridgehead atoms. The van der Waals surface area contributed by atoms with Crippen molar-refractivity contribution >= 4 is 11.9 Å². The Morgan fingerprint density at radius 2 is 1.27 bits per heavy atom. The maximum absolute atomic E-state index is 11.4. The first kappa shape index (κ1) is 32.2. The molecule has 0 saturated heterocycles. The molecule has 1 aromatic carbocycles. The lowest BCUT2D eigenvalue weighted by molar-refractivity contribution is -0.244. The third-order valence-electron chi connectivity index (χ3n) is 6.82. The first-order valence-corrected chi connectivity index (χ1v) is 14.0. The zero-order valence-electron chi connectivity index (χ0n) is 24.6. The van der Waals surface area contributed by atoms with Crippen molar-refractivity contribution in [2.75, 3.05) is 39.9 Å². The highest BCUT2D eigenvalue weighted by molar-refractivity contribution is 5.75. The van der Waals surface area contributed by atoms with Crippen LogP contribution in [0.4, 0.5) is 0 Å². The summed E-state index contributed by atoms with van der Waals surface area (Å²) in [4.78, 5) is 44.7. The molecule has 12 nitrogen and oxygen atoms in total. The van der Waals surface area contributed by atoms with Crippen LogP contribution in [-0.2, 0) is 27.6 Å². The van der Waals surface area contributed by atoms with Gasteiger partial charge in [-0.2, -0.15) is 0 Å². The van der Waals surface area contributed by atoms with Crippen LogP contribution in [0.5, 0.6) is 5.75 Å². The van der Waals surface area contributed by atoms with E-state index >= 15 is 0 Å². The van der Waals surface area contributed by atoms with E-state index < -0.39 is 11.9 Å². The number of aliphatic carboxylic acids is 2. The molecule has 0 fully saturated rings. The standard InChI is InChI=1S/C32H35N5O7/c1-3-36(20-31(38)39)18-24-6-4-8-27(33-24)29-16-23(22-10-12-26(43-2)13-11-22)17-30(35-29)28-9-5-7-25(34-28)19-37(14-15-44-42)21-32(40)41/h4-13,16-17,42H,3,14-15,18-21H2,1-2H3,(H,38,39)(H,40,41). The van der Waals surface area contributed by atoms with Gasteiger partial charge in [-0.05, 0) is 66.2 Å². The van der Waals surface area contributed by atoms with Gasteiger partial charge in [0.2, 0.25) is 0 Å². The summed E-state index contributed by atoms with van der Waals surface area (Å²) in [5.41, 5.74) is 5.55. The number of pyridine rings is 3. The van der Waals surface area contributed by atoms with E-state index in [9.17, 15) is 19.8 Å². The van der Waals surface area contributed by atoms with Gasteiger partial charge in [0.05, 0.1) is 61.0 Å². The van der Waals surface area contributed by atoms with Crippen LogP contribution >= 0.6 is 0 Å². The number of hydrogen-bond donors (Lipinski definition) is 3. The van der Waals surface area contributed by atoms with Gasteiger partial charge in [0, 0.05) is 19.6 Å². The molecule has 0 spiro atoms. The zero-order valence-corrected chi connectivity index (χ0v) is 24.6. The van der Waals surface area contributed by atoms with E-state index in [1.54, 1.807) is 23.0 Å². The van der Waals surface area contributed by atoms with Crippen molar-refractivity contribution in [1.82, 2.24) is 24.8 Å². The molecule has 4 aromatic rings. The maximum atomic E-state index is 11.4. The van der Waals surface area contributed by atoms with Gasteiger partial charge >= 0.3 is 11.9 Å². The third kappa shape index (κ3) is 9.12. The number of carboxylic acid groups (broad SMARTS) is 2. The lowest BCUT2D eigenvalue weighted by atomic mass is 10.0. The molecule has 0 amide bonds. The summed E-state index contributed by atoms with van der Waals surface area (Å²) in [6, 6.07) is 22.6.